The fourth-order valence-corrected chi connectivity index (χ4v) is 1.83. The maximum absolute atomic E-state index is 10.8. The first-order valence-corrected chi connectivity index (χ1v) is 4.94. The van der Waals surface area contributed by atoms with Gasteiger partial charge in [0.05, 0.1) is 12.2 Å². The predicted molar refractivity (Wildman–Crippen MR) is 60.6 cm³/mol. The highest BCUT2D eigenvalue weighted by molar-refractivity contribution is 5.93. The van der Waals surface area contributed by atoms with Crippen molar-refractivity contribution in [1.29, 1.82) is 0 Å². The van der Waals surface area contributed by atoms with Crippen molar-refractivity contribution < 1.29 is 14.6 Å². The SMILES string of the molecule is COCc1cc2cc(C(=O)O)ccc2n1C. The molecule has 0 bridgehead atoms. The second-order valence-electron chi connectivity index (χ2n) is 3.71. The van der Waals surface area contributed by atoms with Crippen LogP contribution in [0.4, 0.5) is 0 Å². The molecule has 4 nitrogen and oxygen atoms in total. The lowest BCUT2D eigenvalue weighted by Crippen LogP contribution is -1.97. The highest BCUT2D eigenvalue weighted by Gasteiger charge is 2.08. The Morgan fingerprint density at radius 1 is 1.44 bits per heavy atom. The molecule has 0 atom stereocenters. The third-order valence-electron chi connectivity index (χ3n) is 2.68. The van der Waals surface area contributed by atoms with E-state index in [1.165, 1.54) is 0 Å². The van der Waals surface area contributed by atoms with Crippen LogP contribution >= 0.6 is 0 Å². The molecule has 0 saturated heterocycles. The average molecular weight is 219 g/mol. The number of carbonyl (C=O) groups is 1. The lowest BCUT2D eigenvalue weighted by atomic mass is 10.1. The number of methoxy groups -OCH3 is 1. The van der Waals surface area contributed by atoms with E-state index in [-0.39, 0.29) is 0 Å². The van der Waals surface area contributed by atoms with Crippen LogP contribution in [0.3, 0.4) is 0 Å². The van der Waals surface area contributed by atoms with Crippen molar-refractivity contribution in [3.8, 4) is 0 Å². The molecule has 0 saturated carbocycles. The van der Waals surface area contributed by atoms with Crippen LogP contribution in [-0.2, 0) is 18.4 Å². The number of aryl methyl sites for hydroxylation is 1. The second-order valence-corrected chi connectivity index (χ2v) is 3.71. The van der Waals surface area contributed by atoms with Gasteiger partial charge in [-0.15, -0.1) is 0 Å². The maximum atomic E-state index is 10.8. The van der Waals surface area contributed by atoms with Crippen LogP contribution in [0.1, 0.15) is 16.1 Å². The summed E-state index contributed by atoms with van der Waals surface area (Å²) in [6, 6.07) is 7.06. The van der Waals surface area contributed by atoms with Crippen LogP contribution in [0.25, 0.3) is 10.9 Å². The number of hydrogen-bond donors (Lipinski definition) is 1. The van der Waals surface area contributed by atoms with Gasteiger partial charge in [-0.2, -0.15) is 0 Å². The Hall–Kier alpha value is -1.81. The van der Waals surface area contributed by atoms with Gasteiger partial charge in [0.15, 0.2) is 0 Å². The van der Waals surface area contributed by atoms with Crippen LogP contribution in [-0.4, -0.2) is 22.8 Å². The molecule has 16 heavy (non-hydrogen) atoms. The first kappa shape index (κ1) is 10.7. The monoisotopic (exact) mass is 219 g/mol. The summed E-state index contributed by atoms with van der Waals surface area (Å²) >= 11 is 0. The zero-order valence-electron chi connectivity index (χ0n) is 9.23. The largest absolute Gasteiger partial charge is 0.478 e. The molecule has 1 heterocycles. The number of hydrogen-bond acceptors (Lipinski definition) is 2. The first-order chi connectivity index (χ1) is 7.63. The molecule has 0 aliphatic heterocycles. The Kier molecular flexibility index (Phi) is 2.66. The number of benzene rings is 1. The van der Waals surface area contributed by atoms with E-state index in [0.717, 1.165) is 16.6 Å². The summed E-state index contributed by atoms with van der Waals surface area (Å²) < 4.78 is 7.08. The Balaban J connectivity index is 2.58. The van der Waals surface area contributed by atoms with Crippen molar-refractivity contribution in [3.63, 3.8) is 0 Å². The van der Waals surface area contributed by atoms with Gasteiger partial charge in [0.2, 0.25) is 0 Å². The Labute approximate surface area is 93.1 Å². The molecule has 0 fully saturated rings. The van der Waals surface area contributed by atoms with Gasteiger partial charge in [-0.3, -0.25) is 0 Å². The molecule has 1 aromatic carbocycles. The van der Waals surface area contributed by atoms with E-state index >= 15 is 0 Å². The van der Waals surface area contributed by atoms with Crippen LogP contribution in [0.15, 0.2) is 24.3 Å². The van der Waals surface area contributed by atoms with Crippen molar-refractivity contribution in [3.05, 3.63) is 35.5 Å². The highest BCUT2D eigenvalue weighted by atomic mass is 16.5. The van der Waals surface area contributed by atoms with Crippen LogP contribution in [0.2, 0.25) is 0 Å². The molecule has 0 aliphatic carbocycles. The lowest BCUT2D eigenvalue weighted by molar-refractivity contribution is 0.0697. The summed E-state index contributed by atoms with van der Waals surface area (Å²) in [5, 5.41) is 9.82. The third-order valence-corrected chi connectivity index (χ3v) is 2.68. The summed E-state index contributed by atoms with van der Waals surface area (Å²) in [6.07, 6.45) is 0. The molecule has 1 N–H and O–H groups in total. The number of ether oxygens (including phenoxy) is 1. The molecule has 4 heteroatoms. The van der Waals surface area contributed by atoms with Crippen LogP contribution in [0, 0.1) is 0 Å². The van der Waals surface area contributed by atoms with Gasteiger partial charge in [-0.05, 0) is 24.3 Å². The third kappa shape index (κ3) is 1.67. The van der Waals surface area contributed by atoms with Gasteiger partial charge in [0, 0.05) is 30.8 Å². The molecule has 1 aromatic heterocycles. The summed E-state index contributed by atoms with van der Waals surface area (Å²) in [4.78, 5) is 10.8. The molecule has 0 radical (unpaired) electrons. The zero-order chi connectivity index (χ0) is 11.7. The van der Waals surface area contributed by atoms with Gasteiger partial charge in [-0.25, -0.2) is 4.79 Å². The first-order valence-electron chi connectivity index (χ1n) is 4.94. The molecule has 0 spiro atoms. The van der Waals surface area contributed by atoms with E-state index in [1.54, 1.807) is 19.2 Å². The standard InChI is InChI=1S/C12H13NO3/c1-13-10(7-16-2)6-9-5-8(12(14)15)3-4-11(9)13/h3-6H,7H2,1-2H3,(H,14,15). The number of carboxylic acids is 1. The number of aromatic carboxylic acids is 1. The van der Waals surface area contributed by atoms with Gasteiger partial charge < -0.3 is 14.4 Å². The Bertz CT molecular complexity index is 542. The number of rotatable bonds is 3. The summed E-state index contributed by atoms with van der Waals surface area (Å²) in [7, 11) is 3.58. The van der Waals surface area contributed by atoms with Crippen molar-refractivity contribution in [1.82, 2.24) is 4.57 Å². The fourth-order valence-electron chi connectivity index (χ4n) is 1.83. The van der Waals surface area contributed by atoms with E-state index < -0.39 is 5.97 Å². The fraction of sp³-hybridized carbons (Fsp3) is 0.250. The Morgan fingerprint density at radius 3 is 2.81 bits per heavy atom. The molecule has 0 aliphatic rings. The minimum Gasteiger partial charge on any atom is -0.478 e. The summed E-state index contributed by atoms with van der Waals surface area (Å²) in [5.74, 6) is -0.904. The molecule has 0 unspecified atom stereocenters. The van der Waals surface area contributed by atoms with Crippen molar-refractivity contribution in [2.75, 3.05) is 7.11 Å². The summed E-state index contributed by atoms with van der Waals surface area (Å²) in [6.45, 7) is 0.521. The zero-order valence-corrected chi connectivity index (χ0v) is 9.23. The molecule has 2 rings (SSSR count). The molecule has 2 aromatic rings. The molecular formula is C12H13NO3. The van der Waals surface area contributed by atoms with Crippen LogP contribution < -0.4 is 0 Å². The maximum Gasteiger partial charge on any atom is 0.335 e. The minimum absolute atomic E-state index is 0.307. The molecular weight excluding hydrogens is 206 g/mol. The second kappa shape index (κ2) is 3.98. The van der Waals surface area contributed by atoms with Crippen molar-refractivity contribution >= 4 is 16.9 Å². The topological polar surface area (TPSA) is 51.5 Å². The van der Waals surface area contributed by atoms with Gasteiger partial charge in [0.25, 0.3) is 0 Å². The molecule has 84 valence electrons. The number of aromatic nitrogens is 1. The number of nitrogens with zero attached hydrogens (tertiary/aromatic N) is 1. The molecule has 0 amide bonds. The highest BCUT2D eigenvalue weighted by Crippen LogP contribution is 2.20. The Morgan fingerprint density at radius 2 is 2.19 bits per heavy atom. The quantitative estimate of drug-likeness (QED) is 0.859. The number of fused-ring (bicyclic) bond motifs is 1. The van der Waals surface area contributed by atoms with E-state index in [9.17, 15) is 4.79 Å². The van der Waals surface area contributed by atoms with Gasteiger partial charge >= 0.3 is 5.97 Å². The number of carboxylic acid groups (broad SMARTS) is 1. The minimum atomic E-state index is -0.904. The van der Waals surface area contributed by atoms with E-state index in [4.69, 9.17) is 9.84 Å². The average Bonchev–Trinajstić information content (AvgIpc) is 2.56. The predicted octanol–water partition coefficient (Wildman–Crippen LogP) is 2.02. The van der Waals surface area contributed by atoms with E-state index in [1.807, 2.05) is 23.7 Å². The van der Waals surface area contributed by atoms with Crippen molar-refractivity contribution in [2.45, 2.75) is 6.61 Å². The van der Waals surface area contributed by atoms with Gasteiger partial charge in [0.1, 0.15) is 0 Å². The van der Waals surface area contributed by atoms with Crippen molar-refractivity contribution in [2.24, 2.45) is 7.05 Å². The summed E-state index contributed by atoms with van der Waals surface area (Å²) in [5.41, 5.74) is 2.35. The van der Waals surface area contributed by atoms with E-state index in [2.05, 4.69) is 0 Å². The van der Waals surface area contributed by atoms with Crippen LogP contribution in [0.5, 0.6) is 0 Å². The smallest absolute Gasteiger partial charge is 0.335 e. The normalized spacial score (nSPS) is 10.9. The van der Waals surface area contributed by atoms with Gasteiger partial charge in [-0.1, -0.05) is 0 Å². The van der Waals surface area contributed by atoms with E-state index in [0.29, 0.717) is 12.2 Å². The lowest BCUT2D eigenvalue weighted by Gasteiger charge is -2.02.